The smallest absolute Gasteiger partial charge is 0.262 e. The highest BCUT2D eigenvalue weighted by Gasteiger charge is 2.35. The lowest BCUT2D eigenvalue weighted by Gasteiger charge is -2.23. The standard InChI is InChI=1S/C20H20N2O3/c1-3-12-25-16-10-8-15(9-11-16)13-21(2)14-22-19(23)17-6-4-5-7-18(17)20(22)24/h3-11H,1,12-14H2,2H3. The zero-order chi connectivity index (χ0) is 17.8. The van der Waals surface area contributed by atoms with Gasteiger partial charge >= 0.3 is 0 Å². The highest BCUT2D eigenvalue weighted by molar-refractivity contribution is 6.21. The molecule has 5 heteroatoms. The molecular weight excluding hydrogens is 316 g/mol. The van der Waals surface area contributed by atoms with Gasteiger partial charge in [0.2, 0.25) is 0 Å². The molecule has 0 saturated heterocycles. The quantitative estimate of drug-likeness (QED) is 0.576. The van der Waals surface area contributed by atoms with E-state index in [4.69, 9.17) is 4.74 Å². The summed E-state index contributed by atoms with van der Waals surface area (Å²) in [6.45, 7) is 4.96. The van der Waals surface area contributed by atoms with Crippen LogP contribution in [0.25, 0.3) is 0 Å². The van der Waals surface area contributed by atoms with E-state index >= 15 is 0 Å². The number of carbonyl (C=O) groups is 2. The summed E-state index contributed by atoms with van der Waals surface area (Å²) >= 11 is 0. The molecule has 0 aliphatic carbocycles. The van der Waals surface area contributed by atoms with E-state index in [-0.39, 0.29) is 18.5 Å². The first kappa shape index (κ1) is 16.9. The summed E-state index contributed by atoms with van der Waals surface area (Å²) in [5.74, 6) is 0.313. The molecule has 0 atom stereocenters. The highest BCUT2D eigenvalue weighted by atomic mass is 16.5. The van der Waals surface area contributed by atoms with Gasteiger partial charge in [-0.25, -0.2) is 0 Å². The van der Waals surface area contributed by atoms with Gasteiger partial charge < -0.3 is 4.74 Å². The Morgan fingerprint density at radius 3 is 2.20 bits per heavy atom. The number of fused-ring (bicyclic) bond motifs is 1. The van der Waals surface area contributed by atoms with E-state index < -0.39 is 0 Å². The Morgan fingerprint density at radius 2 is 1.64 bits per heavy atom. The van der Waals surface area contributed by atoms with E-state index in [2.05, 4.69) is 6.58 Å². The van der Waals surface area contributed by atoms with Crippen molar-refractivity contribution in [2.75, 3.05) is 20.3 Å². The third kappa shape index (κ3) is 3.61. The molecule has 0 saturated carbocycles. The van der Waals surface area contributed by atoms with Gasteiger partial charge in [0.05, 0.1) is 17.8 Å². The third-order valence-electron chi connectivity index (χ3n) is 4.00. The van der Waals surface area contributed by atoms with Gasteiger partial charge in [-0.2, -0.15) is 0 Å². The number of nitrogens with zero attached hydrogens (tertiary/aromatic N) is 2. The predicted molar refractivity (Wildman–Crippen MR) is 95.4 cm³/mol. The van der Waals surface area contributed by atoms with E-state index in [9.17, 15) is 9.59 Å². The Morgan fingerprint density at radius 1 is 1.04 bits per heavy atom. The maximum absolute atomic E-state index is 12.4. The Hall–Kier alpha value is -2.92. The number of hydrogen-bond acceptors (Lipinski definition) is 4. The van der Waals surface area contributed by atoms with Gasteiger partial charge in [-0.1, -0.05) is 36.9 Å². The first-order chi connectivity index (χ1) is 12.1. The van der Waals surface area contributed by atoms with Crippen LogP contribution in [0.4, 0.5) is 0 Å². The van der Waals surface area contributed by atoms with Gasteiger partial charge in [0, 0.05) is 6.54 Å². The zero-order valence-corrected chi connectivity index (χ0v) is 14.1. The zero-order valence-electron chi connectivity index (χ0n) is 14.1. The molecule has 0 radical (unpaired) electrons. The van der Waals surface area contributed by atoms with Crippen molar-refractivity contribution in [2.45, 2.75) is 6.54 Å². The molecular formula is C20H20N2O3. The number of ether oxygens (including phenoxy) is 1. The van der Waals surface area contributed by atoms with Crippen LogP contribution in [0.2, 0.25) is 0 Å². The molecule has 1 heterocycles. The fourth-order valence-electron chi connectivity index (χ4n) is 2.82. The fourth-order valence-corrected chi connectivity index (χ4v) is 2.82. The molecule has 0 spiro atoms. The number of hydrogen-bond donors (Lipinski definition) is 0. The molecule has 2 aromatic carbocycles. The minimum Gasteiger partial charge on any atom is -0.490 e. The molecule has 25 heavy (non-hydrogen) atoms. The summed E-state index contributed by atoms with van der Waals surface area (Å²) in [5.41, 5.74) is 2.03. The van der Waals surface area contributed by atoms with E-state index in [1.54, 1.807) is 30.3 Å². The van der Waals surface area contributed by atoms with Crippen molar-refractivity contribution in [3.8, 4) is 5.75 Å². The number of benzene rings is 2. The van der Waals surface area contributed by atoms with Crippen molar-refractivity contribution in [3.05, 3.63) is 77.9 Å². The highest BCUT2D eigenvalue weighted by Crippen LogP contribution is 2.22. The van der Waals surface area contributed by atoms with E-state index in [1.165, 1.54) is 4.90 Å². The second-order valence-corrected chi connectivity index (χ2v) is 5.98. The summed E-state index contributed by atoms with van der Waals surface area (Å²) in [4.78, 5) is 28.0. The Labute approximate surface area is 147 Å². The van der Waals surface area contributed by atoms with Crippen molar-refractivity contribution in [2.24, 2.45) is 0 Å². The summed E-state index contributed by atoms with van der Waals surface area (Å²) < 4.78 is 5.46. The van der Waals surface area contributed by atoms with Gasteiger partial charge in [0.25, 0.3) is 11.8 Å². The summed E-state index contributed by atoms with van der Waals surface area (Å²) in [6.07, 6.45) is 1.70. The molecule has 0 unspecified atom stereocenters. The lowest BCUT2D eigenvalue weighted by Crippen LogP contribution is -2.39. The minimum absolute atomic E-state index is 0.236. The number of carbonyl (C=O) groups excluding carboxylic acids is 2. The number of rotatable bonds is 7. The lowest BCUT2D eigenvalue weighted by atomic mass is 10.1. The van der Waals surface area contributed by atoms with Crippen molar-refractivity contribution in [3.63, 3.8) is 0 Å². The van der Waals surface area contributed by atoms with E-state index in [0.717, 1.165) is 11.3 Å². The molecule has 1 aliphatic rings. The van der Waals surface area contributed by atoms with Gasteiger partial charge in [-0.05, 0) is 36.9 Å². The number of imide groups is 1. The molecule has 2 aromatic rings. The van der Waals surface area contributed by atoms with Crippen LogP contribution in [-0.2, 0) is 6.54 Å². The molecule has 1 aliphatic heterocycles. The molecule has 0 fully saturated rings. The van der Waals surface area contributed by atoms with Crippen LogP contribution in [0.5, 0.6) is 5.75 Å². The van der Waals surface area contributed by atoms with Crippen molar-refractivity contribution < 1.29 is 14.3 Å². The second-order valence-electron chi connectivity index (χ2n) is 5.98. The lowest BCUT2D eigenvalue weighted by molar-refractivity contribution is 0.0559. The van der Waals surface area contributed by atoms with Crippen LogP contribution in [0.15, 0.2) is 61.2 Å². The largest absolute Gasteiger partial charge is 0.490 e. The molecule has 2 amide bonds. The average Bonchev–Trinajstić information content (AvgIpc) is 2.86. The van der Waals surface area contributed by atoms with Crippen LogP contribution >= 0.6 is 0 Å². The third-order valence-corrected chi connectivity index (χ3v) is 4.00. The Kier molecular flexibility index (Phi) is 4.95. The monoisotopic (exact) mass is 336 g/mol. The topological polar surface area (TPSA) is 49.9 Å². The number of amides is 2. The maximum Gasteiger partial charge on any atom is 0.262 e. The molecule has 0 N–H and O–H groups in total. The van der Waals surface area contributed by atoms with Gasteiger partial charge in [0.1, 0.15) is 12.4 Å². The van der Waals surface area contributed by atoms with Crippen molar-refractivity contribution in [1.29, 1.82) is 0 Å². The first-order valence-corrected chi connectivity index (χ1v) is 8.06. The van der Waals surface area contributed by atoms with Crippen molar-refractivity contribution >= 4 is 11.8 Å². The fraction of sp³-hybridized carbons (Fsp3) is 0.200. The predicted octanol–water partition coefficient (Wildman–Crippen LogP) is 2.94. The molecule has 0 bridgehead atoms. The average molecular weight is 336 g/mol. The summed E-state index contributed by atoms with van der Waals surface area (Å²) in [7, 11) is 1.88. The van der Waals surface area contributed by atoms with Crippen LogP contribution in [-0.4, -0.2) is 41.9 Å². The summed E-state index contributed by atoms with van der Waals surface area (Å²) in [5, 5.41) is 0. The maximum atomic E-state index is 12.4. The minimum atomic E-state index is -0.236. The molecule has 5 nitrogen and oxygen atoms in total. The molecule has 3 rings (SSSR count). The molecule has 128 valence electrons. The normalized spacial score (nSPS) is 13.3. The first-order valence-electron chi connectivity index (χ1n) is 8.06. The van der Waals surface area contributed by atoms with Crippen LogP contribution in [0.3, 0.4) is 0 Å². The van der Waals surface area contributed by atoms with Crippen LogP contribution in [0.1, 0.15) is 26.3 Å². The SMILES string of the molecule is C=CCOc1ccc(CN(C)CN2C(=O)c3ccccc3C2=O)cc1. The Balaban J connectivity index is 1.61. The Bertz CT molecular complexity index is 764. The van der Waals surface area contributed by atoms with Gasteiger partial charge in [-0.3, -0.25) is 19.4 Å². The van der Waals surface area contributed by atoms with E-state index in [1.807, 2.05) is 36.2 Å². The van der Waals surface area contributed by atoms with Gasteiger partial charge in [-0.15, -0.1) is 0 Å². The summed E-state index contributed by atoms with van der Waals surface area (Å²) in [6, 6.07) is 14.7. The van der Waals surface area contributed by atoms with Crippen LogP contribution < -0.4 is 4.74 Å². The molecule has 0 aromatic heterocycles. The van der Waals surface area contributed by atoms with Crippen LogP contribution in [0, 0.1) is 0 Å². The second kappa shape index (κ2) is 7.32. The van der Waals surface area contributed by atoms with E-state index in [0.29, 0.717) is 24.3 Å². The van der Waals surface area contributed by atoms with Crippen molar-refractivity contribution in [1.82, 2.24) is 9.80 Å². The van der Waals surface area contributed by atoms with Gasteiger partial charge in [0.15, 0.2) is 0 Å².